The average molecular weight is 457 g/mol. The molecule has 172 valence electrons. The van der Waals surface area contributed by atoms with Crippen molar-refractivity contribution in [3.8, 4) is 11.1 Å². The maximum absolute atomic E-state index is 13.3. The molecule has 3 rings (SSSR count). The van der Waals surface area contributed by atoms with Gasteiger partial charge in [-0.3, -0.25) is 4.21 Å². The van der Waals surface area contributed by atoms with Gasteiger partial charge in [-0.1, -0.05) is 46.2 Å². The molecular weight excluding hydrogens is 423 g/mol. The molecule has 0 spiro atoms. The number of hydrogen-bond acceptors (Lipinski definition) is 5. The molecule has 1 atom stereocenters. The Labute approximate surface area is 192 Å². The molecule has 0 aliphatic heterocycles. The molecule has 0 saturated heterocycles. The summed E-state index contributed by atoms with van der Waals surface area (Å²) in [5.41, 5.74) is 15.8. The van der Waals surface area contributed by atoms with E-state index in [1.165, 1.54) is 18.3 Å². The maximum Gasteiger partial charge on any atom is 0.131 e. The van der Waals surface area contributed by atoms with Gasteiger partial charge in [-0.15, -0.1) is 0 Å². The Bertz CT molecular complexity index is 1100. The van der Waals surface area contributed by atoms with E-state index in [9.17, 15) is 8.60 Å². The lowest BCUT2D eigenvalue weighted by molar-refractivity contribution is 0.628. The number of pyridine rings is 1. The van der Waals surface area contributed by atoms with Gasteiger partial charge in [0.25, 0.3) is 0 Å². The molecule has 0 bridgehead atoms. The molecule has 5 N–H and O–H groups in total. The first-order valence-electron chi connectivity index (χ1n) is 10.9. The Kier molecular flexibility index (Phi) is 9.32. The zero-order valence-electron chi connectivity index (χ0n) is 19.2. The van der Waals surface area contributed by atoms with Crippen LogP contribution in [-0.4, -0.2) is 26.9 Å². The summed E-state index contributed by atoms with van der Waals surface area (Å²) >= 11 is 0. The molecule has 1 heterocycles. The number of rotatable bonds is 7. The van der Waals surface area contributed by atoms with Gasteiger partial charge < -0.3 is 16.9 Å². The molecule has 32 heavy (non-hydrogen) atoms. The second-order valence-corrected chi connectivity index (χ2v) is 9.74. The predicted molar refractivity (Wildman–Crippen MR) is 136 cm³/mol. The van der Waals surface area contributed by atoms with Crippen molar-refractivity contribution < 1.29 is 8.60 Å². The number of nitrogens with zero attached hydrogens (tertiary/aromatic N) is 1. The third kappa shape index (κ3) is 6.13. The molecule has 0 aliphatic rings. The van der Waals surface area contributed by atoms with Gasteiger partial charge in [0, 0.05) is 50.7 Å². The number of anilines is 2. The first kappa shape index (κ1) is 25.5. The Morgan fingerprint density at radius 1 is 1.12 bits per heavy atom. The van der Waals surface area contributed by atoms with Gasteiger partial charge >= 0.3 is 0 Å². The van der Waals surface area contributed by atoms with E-state index in [1.807, 2.05) is 26.8 Å². The summed E-state index contributed by atoms with van der Waals surface area (Å²) in [6.07, 6.45) is 3.49. The zero-order valence-corrected chi connectivity index (χ0v) is 20.1. The average Bonchev–Trinajstić information content (AvgIpc) is 2.78. The Balaban J connectivity index is 0.000000390. The van der Waals surface area contributed by atoms with Crippen molar-refractivity contribution in [3.63, 3.8) is 0 Å². The molecule has 2 aromatic carbocycles. The fourth-order valence-electron chi connectivity index (χ4n) is 3.35. The van der Waals surface area contributed by atoms with E-state index in [-0.39, 0.29) is 11.7 Å². The van der Waals surface area contributed by atoms with Crippen molar-refractivity contribution in [2.75, 3.05) is 23.0 Å². The number of hydrogen-bond donors (Lipinski definition) is 3. The highest BCUT2D eigenvalue weighted by Crippen LogP contribution is 2.38. The fourth-order valence-corrected chi connectivity index (χ4v) is 4.25. The quantitative estimate of drug-likeness (QED) is 0.305. The SMILES string of the molecule is CC(C)c1nc(N)c2cc(N)c(C=N)cc2c1-c1ccc(F)cc1.CCCCS(=O)CC. The number of unbranched alkanes of at least 4 members (excludes halogenated alkanes) is 1. The van der Waals surface area contributed by atoms with E-state index in [4.69, 9.17) is 16.9 Å². The van der Waals surface area contributed by atoms with Gasteiger partial charge in [0.15, 0.2) is 0 Å². The van der Waals surface area contributed by atoms with E-state index in [0.717, 1.165) is 51.9 Å². The summed E-state index contributed by atoms with van der Waals surface area (Å²) in [5, 5.41) is 9.16. The van der Waals surface area contributed by atoms with Crippen LogP contribution in [0.5, 0.6) is 0 Å². The van der Waals surface area contributed by atoms with Crippen LogP contribution in [0.3, 0.4) is 0 Å². The second kappa shape index (κ2) is 11.7. The molecule has 0 aliphatic carbocycles. The first-order valence-corrected chi connectivity index (χ1v) is 12.4. The van der Waals surface area contributed by atoms with E-state index in [1.54, 1.807) is 18.2 Å². The summed E-state index contributed by atoms with van der Waals surface area (Å²) in [6.45, 7) is 8.16. The van der Waals surface area contributed by atoms with Crippen LogP contribution in [0.15, 0.2) is 36.4 Å². The highest BCUT2D eigenvalue weighted by Gasteiger charge is 2.18. The second-order valence-electron chi connectivity index (χ2n) is 7.88. The Morgan fingerprint density at radius 3 is 2.31 bits per heavy atom. The Hall–Kier alpha value is -2.80. The number of nitrogen functional groups attached to an aromatic ring is 2. The maximum atomic E-state index is 13.3. The van der Waals surface area contributed by atoms with E-state index in [0.29, 0.717) is 17.1 Å². The number of aromatic nitrogens is 1. The normalized spacial score (nSPS) is 11.8. The van der Waals surface area contributed by atoms with Crippen molar-refractivity contribution in [2.24, 2.45) is 0 Å². The van der Waals surface area contributed by atoms with Crippen molar-refractivity contribution in [3.05, 3.63) is 53.5 Å². The number of halogens is 1. The summed E-state index contributed by atoms with van der Waals surface area (Å²) in [6, 6.07) is 9.91. The van der Waals surface area contributed by atoms with E-state index >= 15 is 0 Å². The summed E-state index contributed by atoms with van der Waals surface area (Å²) < 4.78 is 24.0. The molecule has 0 fully saturated rings. The third-order valence-electron chi connectivity index (χ3n) is 5.15. The molecule has 7 heteroatoms. The lowest BCUT2D eigenvalue weighted by atomic mass is 9.91. The molecule has 5 nitrogen and oxygen atoms in total. The van der Waals surface area contributed by atoms with Crippen LogP contribution >= 0.6 is 0 Å². The summed E-state index contributed by atoms with van der Waals surface area (Å²) in [5.74, 6) is 1.97. The minimum atomic E-state index is -0.527. The van der Waals surface area contributed by atoms with Gasteiger partial charge in [0.1, 0.15) is 11.6 Å². The van der Waals surface area contributed by atoms with Crippen molar-refractivity contribution in [1.82, 2.24) is 4.98 Å². The van der Waals surface area contributed by atoms with Crippen LogP contribution in [0.25, 0.3) is 21.9 Å². The van der Waals surface area contributed by atoms with Gasteiger partial charge in [-0.2, -0.15) is 0 Å². The minimum Gasteiger partial charge on any atom is -0.398 e. The van der Waals surface area contributed by atoms with Gasteiger partial charge in [-0.05, 0) is 47.6 Å². The summed E-state index contributed by atoms with van der Waals surface area (Å²) in [4.78, 5) is 4.57. The predicted octanol–water partition coefficient (Wildman–Crippen LogP) is 5.88. The van der Waals surface area contributed by atoms with Crippen LogP contribution in [0.1, 0.15) is 57.7 Å². The fraction of sp³-hybridized carbons (Fsp3) is 0.360. The van der Waals surface area contributed by atoms with Gasteiger partial charge in [0.05, 0.1) is 5.69 Å². The third-order valence-corrected chi connectivity index (χ3v) is 6.54. The number of fused-ring (bicyclic) bond motifs is 1. The smallest absolute Gasteiger partial charge is 0.131 e. The standard InChI is InChI=1S/C19H19FN4.C6H14OS/c1-10(2)18-17(11-3-5-13(20)6-4-11)14-7-12(9-21)16(22)8-15(14)19(23)24-18;1-3-5-6-8(7)4-2/h3-10,21H,22H2,1-2H3,(H2,23,24);3-6H2,1-2H3. The molecule has 1 aromatic heterocycles. The molecule has 1 unspecified atom stereocenters. The number of benzene rings is 2. The van der Waals surface area contributed by atoms with Crippen molar-refractivity contribution in [2.45, 2.75) is 46.5 Å². The van der Waals surface area contributed by atoms with Crippen molar-refractivity contribution in [1.29, 1.82) is 5.41 Å². The van der Waals surface area contributed by atoms with Crippen LogP contribution in [0.2, 0.25) is 0 Å². The molecule has 0 saturated carbocycles. The molecule has 0 radical (unpaired) electrons. The Morgan fingerprint density at radius 2 is 1.78 bits per heavy atom. The monoisotopic (exact) mass is 456 g/mol. The molecule has 3 aromatic rings. The van der Waals surface area contributed by atoms with Crippen LogP contribution in [-0.2, 0) is 10.8 Å². The van der Waals surface area contributed by atoms with Crippen LogP contribution < -0.4 is 11.5 Å². The number of nitrogens with one attached hydrogen (secondary N) is 1. The topological polar surface area (TPSA) is 106 Å². The summed E-state index contributed by atoms with van der Waals surface area (Å²) in [7, 11) is -0.527. The molecule has 0 amide bonds. The van der Waals surface area contributed by atoms with Gasteiger partial charge in [0.2, 0.25) is 0 Å². The van der Waals surface area contributed by atoms with E-state index < -0.39 is 10.8 Å². The van der Waals surface area contributed by atoms with Crippen molar-refractivity contribution >= 4 is 39.3 Å². The first-order chi connectivity index (χ1) is 15.2. The number of nitrogens with two attached hydrogens (primary N) is 2. The van der Waals surface area contributed by atoms with Gasteiger partial charge in [-0.25, -0.2) is 9.37 Å². The zero-order chi connectivity index (χ0) is 23.8. The highest BCUT2D eigenvalue weighted by molar-refractivity contribution is 7.84. The van der Waals surface area contributed by atoms with E-state index in [2.05, 4.69) is 11.9 Å². The lowest BCUT2D eigenvalue weighted by Gasteiger charge is -2.18. The van der Waals surface area contributed by atoms with Crippen LogP contribution in [0.4, 0.5) is 15.9 Å². The highest BCUT2D eigenvalue weighted by atomic mass is 32.2. The minimum absolute atomic E-state index is 0.137. The van der Waals surface area contributed by atoms with Crippen LogP contribution in [0, 0.1) is 11.2 Å². The molecular formula is C25H33FN4OS. The lowest BCUT2D eigenvalue weighted by Crippen LogP contribution is -2.04. The largest absolute Gasteiger partial charge is 0.398 e.